The highest BCUT2D eigenvalue weighted by atomic mass is 35.5. The van der Waals surface area contributed by atoms with E-state index in [2.05, 4.69) is 5.32 Å². The molecule has 3 aromatic rings. The quantitative estimate of drug-likeness (QED) is 0.430. The molecule has 3 aromatic carbocycles. The van der Waals surface area contributed by atoms with E-state index in [1.165, 1.54) is 18.2 Å². The van der Waals surface area contributed by atoms with Crippen LogP contribution in [0.25, 0.3) is 0 Å². The van der Waals surface area contributed by atoms with Crippen molar-refractivity contribution in [1.82, 2.24) is 5.32 Å². The molecule has 0 aliphatic carbocycles. The molecule has 0 spiro atoms. The summed E-state index contributed by atoms with van der Waals surface area (Å²) in [5, 5.41) is 8.46. The minimum atomic E-state index is -3.69. The number of sulfonamides is 1. The van der Waals surface area contributed by atoms with Crippen LogP contribution in [-0.4, -0.2) is 22.1 Å². The lowest BCUT2D eigenvalue weighted by atomic mass is 10.1. The second-order valence-electron chi connectivity index (χ2n) is 6.94. The molecule has 32 heavy (non-hydrogen) atoms. The second-order valence-corrected chi connectivity index (χ2v) is 8.51. The van der Waals surface area contributed by atoms with Crippen LogP contribution in [0.3, 0.4) is 0 Å². The SMILES string of the molecule is COc1cccc(CNCCc2ccc(S(N)(=O)=O)cc2)c1OCc1ccccc1F.Cl. The monoisotopic (exact) mass is 480 g/mol. The third-order valence-corrected chi connectivity index (χ3v) is 5.70. The Morgan fingerprint density at radius 1 is 0.969 bits per heavy atom. The van der Waals surface area contributed by atoms with Crippen molar-refractivity contribution in [2.45, 2.75) is 24.5 Å². The summed E-state index contributed by atoms with van der Waals surface area (Å²) in [5.74, 6) is 0.831. The molecule has 0 bridgehead atoms. The van der Waals surface area contributed by atoms with E-state index in [1.54, 1.807) is 43.5 Å². The van der Waals surface area contributed by atoms with Gasteiger partial charge in [-0.3, -0.25) is 0 Å². The largest absolute Gasteiger partial charge is 0.493 e. The molecule has 172 valence electrons. The van der Waals surface area contributed by atoms with Gasteiger partial charge in [0.25, 0.3) is 0 Å². The zero-order valence-electron chi connectivity index (χ0n) is 17.6. The number of hydrogen-bond acceptors (Lipinski definition) is 5. The van der Waals surface area contributed by atoms with Crippen molar-refractivity contribution in [1.29, 1.82) is 0 Å². The Bertz CT molecular complexity index is 1130. The van der Waals surface area contributed by atoms with Crippen LogP contribution in [0.15, 0.2) is 71.6 Å². The van der Waals surface area contributed by atoms with Crippen molar-refractivity contribution >= 4 is 22.4 Å². The molecular formula is C23H26ClFN2O4S. The van der Waals surface area contributed by atoms with E-state index >= 15 is 0 Å². The fraction of sp³-hybridized carbons (Fsp3) is 0.217. The van der Waals surface area contributed by atoms with Crippen LogP contribution in [-0.2, 0) is 29.6 Å². The van der Waals surface area contributed by atoms with Crippen molar-refractivity contribution in [2.75, 3.05) is 13.7 Å². The summed E-state index contributed by atoms with van der Waals surface area (Å²) < 4.78 is 47.9. The Balaban J connectivity index is 0.00000363. The number of rotatable bonds is 10. The van der Waals surface area contributed by atoms with E-state index in [0.717, 1.165) is 11.1 Å². The van der Waals surface area contributed by atoms with E-state index in [4.69, 9.17) is 14.6 Å². The van der Waals surface area contributed by atoms with Crippen molar-refractivity contribution in [3.8, 4) is 11.5 Å². The topological polar surface area (TPSA) is 90.6 Å². The van der Waals surface area contributed by atoms with E-state index in [-0.39, 0.29) is 29.7 Å². The number of methoxy groups -OCH3 is 1. The lowest BCUT2D eigenvalue weighted by Crippen LogP contribution is -2.18. The molecule has 6 nitrogen and oxygen atoms in total. The van der Waals surface area contributed by atoms with Gasteiger partial charge in [-0.15, -0.1) is 12.4 Å². The molecule has 0 fully saturated rings. The van der Waals surface area contributed by atoms with Crippen LogP contribution in [0.4, 0.5) is 4.39 Å². The van der Waals surface area contributed by atoms with Crippen molar-refractivity contribution in [2.24, 2.45) is 5.14 Å². The Hall–Kier alpha value is -2.65. The summed E-state index contributed by atoms with van der Waals surface area (Å²) in [6.07, 6.45) is 0.709. The molecule has 0 radical (unpaired) electrons. The number of ether oxygens (including phenoxy) is 2. The first kappa shape index (κ1) is 25.6. The molecule has 0 amide bonds. The number of para-hydroxylation sites is 1. The van der Waals surface area contributed by atoms with Crippen LogP contribution in [0.1, 0.15) is 16.7 Å². The summed E-state index contributed by atoms with van der Waals surface area (Å²) in [7, 11) is -2.12. The summed E-state index contributed by atoms with van der Waals surface area (Å²) in [6, 6.07) is 18.6. The van der Waals surface area contributed by atoms with Gasteiger partial charge in [-0.2, -0.15) is 0 Å². The van der Waals surface area contributed by atoms with Gasteiger partial charge in [0, 0.05) is 17.7 Å². The Morgan fingerprint density at radius 2 is 1.66 bits per heavy atom. The fourth-order valence-corrected chi connectivity index (χ4v) is 3.61. The lowest BCUT2D eigenvalue weighted by Gasteiger charge is -2.16. The first-order valence-electron chi connectivity index (χ1n) is 9.73. The van der Waals surface area contributed by atoms with Crippen molar-refractivity contribution in [3.63, 3.8) is 0 Å². The predicted octanol–water partition coefficient (Wildman–Crippen LogP) is 3.81. The highest BCUT2D eigenvalue weighted by Gasteiger charge is 2.12. The number of halogens is 2. The average molecular weight is 481 g/mol. The first-order valence-corrected chi connectivity index (χ1v) is 11.3. The van der Waals surface area contributed by atoms with Crippen LogP contribution < -0.4 is 19.9 Å². The molecule has 3 rings (SSSR count). The van der Waals surface area contributed by atoms with E-state index < -0.39 is 10.0 Å². The van der Waals surface area contributed by atoms with Gasteiger partial charge in [-0.1, -0.05) is 42.5 Å². The normalized spacial score (nSPS) is 11.0. The summed E-state index contributed by atoms with van der Waals surface area (Å²) in [5.41, 5.74) is 2.34. The van der Waals surface area contributed by atoms with Gasteiger partial charge in [0.2, 0.25) is 10.0 Å². The standard InChI is InChI=1S/C23H25FN2O4S.ClH/c1-29-22-8-4-6-18(23(22)30-16-19-5-2-3-7-21(19)24)15-26-14-13-17-9-11-20(12-10-17)31(25,27)28;/h2-12,26H,13-16H2,1H3,(H2,25,27,28);1H. The predicted molar refractivity (Wildman–Crippen MR) is 124 cm³/mol. The Morgan fingerprint density at radius 3 is 2.31 bits per heavy atom. The summed E-state index contributed by atoms with van der Waals surface area (Å²) in [4.78, 5) is 0.0947. The van der Waals surface area contributed by atoms with Crippen molar-refractivity contribution < 1.29 is 22.3 Å². The first-order chi connectivity index (χ1) is 14.9. The molecule has 9 heteroatoms. The van der Waals surface area contributed by atoms with Crippen LogP contribution in [0.5, 0.6) is 11.5 Å². The minimum absolute atomic E-state index is 0. The van der Waals surface area contributed by atoms with Crippen LogP contribution >= 0.6 is 12.4 Å². The van der Waals surface area contributed by atoms with Crippen LogP contribution in [0.2, 0.25) is 0 Å². The number of primary sulfonamides is 1. The highest BCUT2D eigenvalue weighted by molar-refractivity contribution is 7.89. The number of benzene rings is 3. The molecule has 0 atom stereocenters. The molecule has 0 saturated carbocycles. The fourth-order valence-electron chi connectivity index (χ4n) is 3.09. The van der Waals surface area contributed by atoms with Gasteiger partial charge in [0.15, 0.2) is 11.5 Å². The molecule has 0 unspecified atom stereocenters. The molecule has 0 aliphatic heterocycles. The van der Waals surface area contributed by atoms with Gasteiger partial charge in [-0.25, -0.2) is 17.9 Å². The Labute approximate surface area is 194 Å². The van der Waals surface area contributed by atoms with Gasteiger partial charge in [0.1, 0.15) is 12.4 Å². The van der Waals surface area contributed by atoms with Crippen LogP contribution in [0, 0.1) is 5.82 Å². The molecule has 0 heterocycles. The Kier molecular flexibility index (Phi) is 9.46. The molecule has 0 saturated heterocycles. The number of hydrogen-bond donors (Lipinski definition) is 2. The van der Waals surface area contributed by atoms with Gasteiger partial charge < -0.3 is 14.8 Å². The van der Waals surface area contributed by atoms with E-state index in [1.807, 2.05) is 12.1 Å². The highest BCUT2D eigenvalue weighted by Crippen LogP contribution is 2.32. The minimum Gasteiger partial charge on any atom is -0.493 e. The van der Waals surface area contributed by atoms with E-state index in [9.17, 15) is 12.8 Å². The third kappa shape index (κ3) is 6.93. The average Bonchev–Trinajstić information content (AvgIpc) is 2.76. The van der Waals surface area contributed by atoms with Gasteiger partial charge in [0.05, 0.1) is 12.0 Å². The smallest absolute Gasteiger partial charge is 0.238 e. The second kappa shape index (κ2) is 11.8. The zero-order valence-corrected chi connectivity index (χ0v) is 19.2. The molecule has 0 aromatic heterocycles. The zero-order chi connectivity index (χ0) is 22.3. The van der Waals surface area contributed by atoms with Gasteiger partial charge >= 0.3 is 0 Å². The summed E-state index contributed by atoms with van der Waals surface area (Å²) >= 11 is 0. The number of nitrogens with two attached hydrogens (primary N) is 1. The maximum absolute atomic E-state index is 13.9. The molecular weight excluding hydrogens is 455 g/mol. The van der Waals surface area contributed by atoms with Gasteiger partial charge in [-0.05, 0) is 42.8 Å². The van der Waals surface area contributed by atoms with Crippen molar-refractivity contribution in [3.05, 3.63) is 89.2 Å². The number of nitrogens with one attached hydrogen (secondary N) is 1. The summed E-state index contributed by atoms with van der Waals surface area (Å²) in [6.45, 7) is 1.29. The lowest BCUT2D eigenvalue weighted by molar-refractivity contribution is 0.276. The third-order valence-electron chi connectivity index (χ3n) is 4.77. The molecule has 0 aliphatic rings. The molecule has 3 N–H and O–H groups in total. The maximum Gasteiger partial charge on any atom is 0.238 e. The maximum atomic E-state index is 13.9. The van der Waals surface area contributed by atoms with E-state index in [0.29, 0.717) is 36.6 Å².